The van der Waals surface area contributed by atoms with Crippen molar-refractivity contribution in [3.8, 4) is 0 Å². The lowest BCUT2D eigenvalue weighted by atomic mass is 10.1. The summed E-state index contributed by atoms with van der Waals surface area (Å²) in [5.74, 6) is -0.0707. The molecule has 1 aromatic carbocycles. The molecule has 0 fully saturated rings. The molecule has 0 saturated carbocycles. The minimum atomic E-state index is -0.568. The number of Topliss-reactive ketones (excluding diaryl/α,β-unsaturated/α-hetero) is 1. The van der Waals surface area contributed by atoms with Gasteiger partial charge in [-0.25, -0.2) is 4.79 Å². The van der Waals surface area contributed by atoms with E-state index in [1.807, 2.05) is 30.3 Å². The number of carbonyl (C=O) groups is 2. The number of hydrogen-bond acceptors (Lipinski definition) is 4. The van der Waals surface area contributed by atoms with Crippen LogP contribution in [-0.2, 0) is 16.1 Å². The lowest BCUT2D eigenvalue weighted by molar-refractivity contribution is -0.119. The van der Waals surface area contributed by atoms with Gasteiger partial charge in [0.05, 0.1) is 6.04 Å². The third-order valence-electron chi connectivity index (χ3n) is 3.65. The zero-order valence-electron chi connectivity index (χ0n) is 15.9. The molecule has 0 bridgehead atoms. The molecule has 142 valence electrons. The minimum Gasteiger partial charge on any atom is -0.445 e. The number of nitrogens with two attached hydrogens (primary N) is 1. The minimum absolute atomic E-state index is 0.0707. The summed E-state index contributed by atoms with van der Waals surface area (Å²) in [5.41, 5.74) is 6.31. The third-order valence-corrected chi connectivity index (χ3v) is 3.65. The van der Waals surface area contributed by atoms with Crippen LogP contribution in [0.2, 0.25) is 0 Å². The molecule has 1 atom stereocenters. The van der Waals surface area contributed by atoms with E-state index in [9.17, 15) is 9.59 Å². The normalized spacial score (nSPS) is 11.0. The van der Waals surface area contributed by atoms with Gasteiger partial charge in [-0.05, 0) is 38.3 Å². The number of carbonyl (C=O) groups excluding carboxylic acids is 2. The van der Waals surface area contributed by atoms with Gasteiger partial charge < -0.3 is 15.8 Å². The molecular weight excluding hydrogens is 316 g/mol. The molecule has 1 amide bonds. The van der Waals surface area contributed by atoms with Crippen molar-refractivity contribution in [2.75, 3.05) is 6.54 Å². The Kier molecular flexibility index (Phi) is 14.5. The first kappa shape index (κ1) is 23.1. The fourth-order valence-corrected chi connectivity index (χ4v) is 2.13. The fraction of sp³-hybridized carbons (Fsp3) is 0.600. The van der Waals surface area contributed by atoms with Gasteiger partial charge in [0.15, 0.2) is 5.78 Å². The highest BCUT2D eigenvalue weighted by molar-refractivity contribution is 5.85. The van der Waals surface area contributed by atoms with Crippen LogP contribution in [0.1, 0.15) is 64.9 Å². The molecule has 0 aliphatic heterocycles. The van der Waals surface area contributed by atoms with Crippen LogP contribution >= 0.6 is 0 Å². The maximum absolute atomic E-state index is 11.7. The Balaban J connectivity index is 0.00000101. The first-order valence-corrected chi connectivity index (χ1v) is 9.22. The lowest BCUT2D eigenvalue weighted by Crippen LogP contribution is -2.40. The first-order valence-electron chi connectivity index (χ1n) is 9.22. The fourth-order valence-electron chi connectivity index (χ4n) is 2.13. The Morgan fingerprint density at radius 2 is 1.72 bits per heavy atom. The van der Waals surface area contributed by atoms with Crippen molar-refractivity contribution in [1.82, 2.24) is 5.32 Å². The largest absolute Gasteiger partial charge is 0.445 e. The van der Waals surface area contributed by atoms with Gasteiger partial charge >= 0.3 is 6.09 Å². The Hall–Kier alpha value is -1.88. The summed E-state index contributed by atoms with van der Waals surface area (Å²) in [4.78, 5) is 23.1. The first-order chi connectivity index (χ1) is 12.0. The maximum Gasteiger partial charge on any atom is 0.408 e. The van der Waals surface area contributed by atoms with Crippen molar-refractivity contribution in [2.24, 2.45) is 5.73 Å². The molecule has 0 spiro atoms. The molecule has 3 N–H and O–H groups in total. The molecule has 5 nitrogen and oxygen atoms in total. The number of alkyl carbamates (subject to hydrolysis) is 1. The summed E-state index contributed by atoms with van der Waals surface area (Å²) < 4.78 is 5.09. The van der Waals surface area contributed by atoms with E-state index < -0.39 is 12.1 Å². The average molecular weight is 351 g/mol. The number of ketones is 1. The average Bonchev–Trinajstić information content (AvgIpc) is 2.61. The second-order valence-electron chi connectivity index (χ2n) is 6.01. The molecule has 0 radical (unpaired) electrons. The summed E-state index contributed by atoms with van der Waals surface area (Å²) in [7, 11) is 0. The number of hydrogen-bond donors (Lipinski definition) is 2. The van der Waals surface area contributed by atoms with E-state index in [0.29, 0.717) is 13.0 Å². The van der Waals surface area contributed by atoms with Gasteiger partial charge in [-0.15, -0.1) is 0 Å². The second kappa shape index (κ2) is 15.6. The van der Waals surface area contributed by atoms with Gasteiger partial charge in [-0.1, -0.05) is 63.4 Å². The number of amides is 1. The van der Waals surface area contributed by atoms with Crippen LogP contribution in [0.5, 0.6) is 0 Å². The Morgan fingerprint density at radius 3 is 2.20 bits per heavy atom. The molecule has 0 aromatic heterocycles. The zero-order chi connectivity index (χ0) is 18.9. The van der Waals surface area contributed by atoms with E-state index in [4.69, 9.17) is 10.5 Å². The smallest absolute Gasteiger partial charge is 0.408 e. The molecule has 25 heavy (non-hydrogen) atoms. The Bertz CT molecular complexity index is 461. The van der Waals surface area contributed by atoms with Crippen LogP contribution in [0.25, 0.3) is 0 Å². The highest BCUT2D eigenvalue weighted by Gasteiger charge is 2.17. The summed E-state index contributed by atoms with van der Waals surface area (Å²) >= 11 is 0. The number of unbranched alkanes of at least 4 members (excludes halogenated alkanes) is 3. The molecule has 0 aliphatic carbocycles. The number of benzene rings is 1. The van der Waals surface area contributed by atoms with Crippen molar-refractivity contribution in [3.63, 3.8) is 0 Å². The van der Waals surface area contributed by atoms with Gasteiger partial charge in [-0.2, -0.15) is 0 Å². The predicted octanol–water partition coefficient (Wildman–Crippen LogP) is 4.20. The molecule has 5 heteroatoms. The molecule has 1 aromatic rings. The van der Waals surface area contributed by atoms with E-state index in [2.05, 4.69) is 19.2 Å². The molecule has 0 aliphatic rings. The Labute approximate surface area is 152 Å². The standard InChI is InChI=1S/C15H22N2O3.C5H12/c1-12(18)14(9-5-6-10-16)17-15(19)20-11-13-7-3-2-4-8-13;1-3-5-4-2/h2-4,7-8,14H,5-6,9-11,16H2,1H3,(H,17,19);3-5H2,1-2H3. The van der Waals surface area contributed by atoms with Crippen molar-refractivity contribution < 1.29 is 14.3 Å². The molecule has 0 heterocycles. The van der Waals surface area contributed by atoms with E-state index in [1.165, 1.54) is 26.2 Å². The zero-order valence-corrected chi connectivity index (χ0v) is 15.9. The second-order valence-corrected chi connectivity index (χ2v) is 6.01. The Morgan fingerprint density at radius 1 is 1.08 bits per heavy atom. The number of rotatable bonds is 10. The van der Waals surface area contributed by atoms with Crippen molar-refractivity contribution in [1.29, 1.82) is 0 Å². The van der Waals surface area contributed by atoms with Gasteiger partial charge in [0.2, 0.25) is 0 Å². The van der Waals surface area contributed by atoms with E-state index in [0.717, 1.165) is 18.4 Å². The highest BCUT2D eigenvalue weighted by atomic mass is 16.5. The molecule has 1 rings (SSSR count). The number of ether oxygens (including phenoxy) is 1. The summed E-state index contributed by atoms with van der Waals surface area (Å²) in [6, 6.07) is 8.90. The molecule has 0 saturated heterocycles. The summed E-state index contributed by atoms with van der Waals surface area (Å²) in [5, 5.41) is 2.59. The maximum atomic E-state index is 11.7. The SMILES string of the molecule is CC(=O)C(CCCCN)NC(=O)OCc1ccccc1.CCCCC. The van der Waals surface area contributed by atoms with Crippen LogP contribution in [0.15, 0.2) is 30.3 Å². The van der Waals surface area contributed by atoms with Crippen molar-refractivity contribution in [3.05, 3.63) is 35.9 Å². The van der Waals surface area contributed by atoms with E-state index in [-0.39, 0.29) is 12.4 Å². The van der Waals surface area contributed by atoms with Gasteiger partial charge in [0.25, 0.3) is 0 Å². The quantitative estimate of drug-likeness (QED) is 0.620. The molecule has 1 unspecified atom stereocenters. The molecular formula is C20H34N2O3. The van der Waals surface area contributed by atoms with Gasteiger partial charge in [0, 0.05) is 0 Å². The lowest BCUT2D eigenvalue weighted by Gasteiger charge is -2.15. The van der Waals surface area contributed by atoms with Crippen LogP contribution in [-0.4, -0.2) is 24.5 Å². The van der Waals surface area contributed by atoms with Crippen LogP contribution < -0.4 is 11.1 Å². The monoisotopic (exact) mass is 350 g/mol. The predicted molar refractivity (Wildman–Crippen MR) is 102 cm³/mol. The van der Waals surface area contributed by atoms with E-state index >= 15 is 0 Å². The summed E-state index contributed by atoms with van der Waals surface area (Å²) in [6.07, 6.45) is 5.74. The highest BCUT2D eigenvalue weighted by Crippen LogP contribution is 2.04. The van der Waals surface area contributed by atoms with Crippen LogP contribution in [0.4, 0.5) is 4.79 Å². The summed E-state index contributed by atoms with van der Waals surface area (Å²) in [6.45, 7) is 6.67. The number of nitrogens with one attached hydrogen (secondary N) is 1. The van der Waals surface area contributed by atoms with Crippen LogP contribution in [0.3, 0.4) is 0 Å². The topological polar surface area (TPSA) is 81.4 Å². The third kappa shape index (κ3) is 13.1. The van der Waals surface area contributed by atoms with E-state index in [1.54, 1.807) is 0 Å². The van der Waals surface area contributed by atoms with Gasteiger partial charge in [0.1, 0.15) is 6.61 Å². The van der Waals surface area contributed by atoms with Crippen molar-refractivity contribution >= 4 is 11.9 Å². The van der Waals surface area contributed by atoms with Gasteiger partial charge in [-0.3, -0.25) is 4.79 Å². The van der Waals surface area contributed by atoms with Crippen molar-refractivity contribution in [2.45, 2.75) is 71.9 Å². The van der Waals surface area contributed by atoms with Crippen LogP contribution in [0, 0.1) is 0 Å².